The SMILES string of the molecule is O=C(O)CN1C(=O)S/C(=C\c2ccc(O)c([N+](=O)[O-])c2)C1=O. The van der Waals surface area contributed by atoms with Crippen LogP contribution in [-0.4, -0.2) is 43.7 Å². The fourth-order valence-electron chi connectivity index (χ4n) is 1.70. The number of aliphatic carboxylic acids is 1. The fourth-order valence-corrected chi connectivity index (χ4v) is 2.54. The maximum Gasteiger partial charge on any atom is 0.323 e. The number of imide groups is 1. The Morgan fingerprint density at radius 1 is 1.41 bits per heavy atom. The molecule has 1 aromatic rings. The number of phenolic OH excluding ortho intramolecular Hbond substituents is 1. The molecule has 1 aliphatic rings. The van der Waals surface area contributed by atoms with E-state index in [1.807, 2.05) is 0 Å². The highest BCUT2D eigenvalue weighted by Crippen LogP contribution is 2.33. The van der Waals surface area contributed by atoms with Crippen molar-refractivity contribution in [1.82, 2.24) is 4.90 Å². The van der Waals surface area contributed by atoms with E-state index in [2.05, 4.69) is 0 Å². The lowest BCUT2D eigenvalue weighted by atomic mass is 10.1. The minimum absolute atomic E-state index is 0.0498. The molecule has 114 valence electrons. The number of nitro benzene ring substituents is 1. The summed E-state index contributed by atoms with van der Waals surface area (Å²) in [5.74, 6) is -2.64. The van der Waals surface area contributed by atoms with Gasteiger partial charge >= 0.3 is 11.7 Å². The van der Waals surface area contributed by atoms with Crippen LogP contribution in [0.5, 0.6) is 5.75 Å². The molecule has 0 spiro atoms. The topological polar surface area (TPSA) is 138 Å². The standard InChI is InChI=1S/C12H8N2O7S/c15-8-2-1-6(3-7(8)14(20)21)4-9-11(18)13(5-10(16)17)12(19)22-9/h1-4,15H,5H2,(H,16,17)/b9-4-. The van der Waals surface area contributed by atoms with E-state index in [0.29, 0.717) is 16.7 Å². The maximum absolute atomic E-state index is 11.9. The highest BCUT2D eigenvalue weighted by Gasteiger charge is 2.36. The lowest BCUT2D eigenvalue weighted by molar-refractivity contribution is -0.385. The van der Waals surface area contributed by atoms with Crippen LogP contribution in [0.1, 0.15) is 5.56 Å². The summed E-state index contributed by atoms with van der Waals surface area (Å²) >= 11 is 0.540. The van der Waals surface area contributed by atoms with E-state index in [4.69, 9.17) is 5.11 Å². The number of carbonyl (C=O) groups excluding carboxylic acids is 2. The van der Waals surface area contributed by atoms with Crippen LogP contribution in [0, 0.1) is 10.1 Å². The number of nitrogens with zero attached hydrogens (tertiary/aromatic N) is 2. The second-order valence-corrected chi connectivity index (χ2v) is 5.16. The highest BCUT2D eigenvalue weighted by molar-refractivity contribution is 8.18. The molecular formula is C12H8N2O7S. The van der Waals surface area contributed by atoms with Gasteiger partial charge in [0.15, 0.2) is 5.75 Å². The number of nitro groups is 1. The highest BCUT2D eigenvalue weighted by atomic mass is 32.2. The molecule has 0 atom stereocenters. The Bertz CT molecular complexity index is 728. The van der Waals surface area contributed by atoms with Gasteiger partial charge in [0, 0.05) is 6.07 Å². The molecule has 9 nitrogen and oxygen atoms in total. The Morgan fingerprint density at radius 3 is 2.68 bits per heavy atom. The summed E-state index contributed by atoms with van der Waals surface area (Å²) in [6.45, 7) is -0.752. The van der Waals surface area contributed by atoms with Crippen molar-refractivity contribution >= 4 is 40.6 Å². The summed E-state index contributed by atoms with van der Waals surface area (Å²) in [5.41, 5.74) is -0.316. The molecule has 0 unspecified atom stereocenters. The van der Waals surface area contributed by atoms with Crippen molar-refractivity contribution in [2.75, 3.05) is 6.54 Å². The molecule has 2 N–H and O–H groups in total. The van der Waals surface area contributed by atoms with Crippen LogP contribution >= 0.6 is 11.8 Å². The Morgan fingerprint density at radius 2 is 2.09 bits per heavy atom. The molecule has 2 rings (SSSR count). The summed E-state index contributed by atoms with van der Waals surface area (Å²) in [6.07, 6.45) is 1.22. The van der Waals surface area contributed by atoms with Crippen molar-refractivity contribution in [3.05, 3.63) is 38.8 Å². The van der Waals surface area contributed by atoms with Gasteiger partial charge in [0.1, 0.15) is 6.54 Å². The van der Waals surface area contributed by atoms with E-state index < -0.39 is 40.0 Å². The second-order valence-electron chi connectivity index (χ2n) is 4.17. The van der Waals surface area contributed by atoms with Crippen LogP contribution in [0.4, 0.5) is 10.5 Å². The quantitative estimate of drug-likeness (QED) is 0.481. The van der Waals surface area contributed by atoms with Crippen LogP contribution in [0.25, 0.3) is 6.08 Å². The first-order valence-electron chi connectivity index (χ1n) is 5.74. The van der Waals surface area contributed by atoms with Crippen molar-refractivity contribution < 1.29 is 29.5 Å². The third-order valence-corrected chi connectivity index (χ3v) is 3.57. The number of rotatable bonds is 4. The van der Waals surface area contributed by atoms with E-state index >= 15 is 0 Å². The summed E-state index contributed by atoms with van der Waals surface area (Å²) in [6, 6.07) is 3.46. The van der Waals surface area contributed by atoms with Crippen molar-refractivity contribution in [2.45, 2.75) is 0 Å². The second kappa shape index (κ2) is 5.85. The van der Waals surface area contributed by atoms with Crippen LogP contribution in [-0.2, 0) is 9.59 Å². The van der Waals surface area contributed by atoms with Crippen LogP contribution in [0.15, 0.2) is 23.1 Å². The molecule has 1 fully saturated rings. The third kappa shape index (κ3) is 3.06. The fraction of sp³-hybridized carbons (Fsp3) is 0.0833. The molecule has 0 aliphatic carbocycles. The Hall–Kier alpha value is -2.88. The number of hydrogen-bond acceptors (Lipinski definition) is 7. The van der Waals surface area contributed by atoms with Gasteiger partial charge in [-0.1, -0.05) is 6.07 Å². The first-order valence-corrected chi connectivity index (χ1v) is 6.56. The third-order valence-electron chi connectivity index (χ3n) is 2.66. The van der Waals surface area contributed by atoms with Gasteiger partial charge in [0.2, 0.25) is 0 Å². The van der Waals surface area contributed by atoms with Gasteiger partial charge in [-0.25, -0.2) is 0 Å². The number of aromatic hydroxyl groups is 1. The van der Waals surface area contributed by atoms with Gasteiger partial charge in [-0.2, -0.15) is 0 Å². The molecule has 0 aromatic heterocycles. The number of thioether (sulfide) groups is 1. The minimum atomic E-state index is -1.33. The normalized spacial score (nSPS) is 16.4. The Kier molecular flexibility index (Phi) is 4.13. The molecule has 0 radical (unpaired) electrons. The molecule has 1 heterocycles. The van der Waals surface area contributed by atoms with Crippen molar-refractivity contribution in [3.8, 4) is 5.75 Å². The molecule has 0 saturated carbocycles. The van der Waals surface area contributed by atoms with Crippen LogP contribution in [0.2, 0.25) is 0 Å². The zero-order valence-electron chi connectivity index (χ0n) is 10.8. The maximum atomic E-state index is 11.9. The van der Waals surface area contributed by atoms with Gasteiger partial charge in [0.25, 0.3) is 11.1 Å². The number of phenols is 1. The van der Waals surface area contributed by atoms with Crippen molar-refractivity contribution in [1.29, 1.82) is 0 Å². The Labute approximate surface area is 127 Å². The average Bonchev–Trinajstić information content (AvgIpc) is 2.68. The van der Waals surface area contributed by atoms with E-state index in [1.54, 1.807) is 0 Å². The van der Waals surface area contributed by atoms with Gasteiger partial charge < -0.3 is 10.2 Å². The van der Waals surface area contributed by atoms with Crippen molar-refractivity contribution in [2.24, 2.45) is 0 Å². The lowest BCUT2D eigenvalue weighted by Gasteiger charge is -2.07. The largest absolute Gasteiger partial charge is 0.502 e. The van der Waals surface area contributed by atoms with Gasteiger partial charge in [0.05, 0.1) is 9.83 Å². The first-order chi connectivity index (χ1) is 10.3. The number of hydrogen-bond donors (Lipinski definition) is 2. The van der Waals surface area contributed by atoms with Gasteiger partial charge in [-0.15, -0.1) is 0 Å². The zero-order chi connectivity index (χ0) is 16.4. The average molecular weight is 324 g/mol. The first kappa shape index (κ1) is 15.5. The van der Waals surface area contributed by atoms with E-state index in [-0.39, 0.29) is 10.5 Å². The molecule has 1 saturated heterocycles. The smallest absolute Gasteiger partial charge is 0.323 e. The molecule has 0 bridgehead atoms. The predicted octanol–water partition coefficient (Wildman–Crippen LogP) is 1.42. The molecule has 1 aliphatic heterocycles. The lowest BCUT2D eigenvalue weighted by Crippen LogP contribution is -2.33. The molecule has 1 aromatic carbocycles. The zero-order valence-corrected chi connectivity index (χ0v) is 11.6. The summed E-state index contributed by atoms with van der Waals surface area (Å²) in [7, 11) is 0. The number of amides is 2. The monoisotopic (exact) mass is 324 g/mol. The van der Waals surface area contributed by atoms with Crippen molar-refractivity contribution in [3.63, 3.8) is 0 Å². The minimum Gasteiger partial charge on any atom is -0.502 e. The Balaban J connectivity index is 2.33. The van der Waals surface area contributed by atoms with Gasteiger partial charge in [-0.05, 0) is 29.5 Å². The summed E-state index contributed by atoms with van der Waals surface area (Å²) < 4.78 is 0. The molecular weight excluding hydrogens is 316 g/mol. The van der Waals surface area contributed by atoms with E-state index in [1.165, 1.54) is 12.1 Å². The molecule has 2 amide bonds. The molecule has 22 heavy (non-hydrogen) atoms. The summed E-state index contributed by atoms with van der Waals surface area (Å²) in [4.78, 5) is 44.5. The predicted molar refractivity (Wildman–Crippen MR) is 75.1 cm³/mol. The number of carboxylic acids is 1. The van der Waals surface area contributed by atoms with Crippen LogP contribution < -0.4 is 0 Å². The number of benzene rings is 1. The summed E-state index contributed by atoms with van der Waals surface area (Å²) in [5, 5.41) is 28.0. The van der Waals surface area contributed by atoms with Crippen LogP contribution in [0.3, 0.4) is 0 Å². The van der Waals surface area contributed by atoms with E-state index in [9.17, 15) is 29.6 Å². The molecule has 10 heteroatoms. The number of carbonyl (C=O) groups is 3. The number of carboxylic acid groups (broad SMARTS) is 1. The van der Waals surface area contributed by atoms with Gasteiger partial charge in [-0.3, -0.25) is 29.4 Å². The van der Waals surface area contributed by atoms with E-state index in [0.717, 1.165) is 12.1 Å².